The van der Waals surface area contributed by atoms with Crippen LogP contribution in [-0.2, 0) is 9.53 Å². The Balaban J connectivity index is 1.56. The quantitative estimate of drug-likeness (QED) is 0.690. The molecule has 0 saturated heterocycles. The predicted molar refractivity (Wildman–Crippen MR) is 95.8 cm³/mol. The molecule has 3 rings (SSSR count). The summed E-state index contributed by atoms with van der Waals surface area (Å²) in [6, 6.07) is 7.96. The summed E-state index contributed by atoms with van der Waals surface area (Å²) >= 11 is 2.25. The zero-order chi connectivity index (χ0) is 17.8. The number of aromatic nitrogens is 3. The van der Waals surface area contributed by atoms with Crippen LogP contribution in [0.1, 0.15) is 20.9 Å². The molecule has 2 heterocycles. The van der Waals surface area contributed by atoms with Gasteiger partial charge in [0.25, 0.3) is 5.91 Å². The normalized spacial score (nSPS) is 10.5. The van der Waals surface area contributed by atoms with E-state index >= 15 is 0 Å². The minimum atomic E-state index is -0.609. The average Bonchev–Trinajstić information content (AvgIpc) is 3.22. The molecule has 1 N–H and O–H groups in total. The van der Waals surface area contributed by atoms with Crippen LogP contribution in [0.4, 0.5) is 5.13 Å². The van der Waals surface area contributed by atoms with E-state index in [2.05, 4.69) is 19.9 Å². The molecule has 3 aromatic rings. The van der Waals surface area contributed by atoms with Gasteiger partial charge in [-0.2, -0.15) is 0 Å². The molecule has 0 aliphatic rings. The number of carbonyl (C=O) groups excluding carboxylic acids is 2. The van der Waals surface area contributed by atoms with Crippen LogP contribution in [0.25, 0.3) is 11.3 Å². The second-order valence-corrected chi connectivity index (χ2v) is 6.83. The van der Waals surface area contributed by atoms with Gasteiger partial charge in [-0.25, -0.2) is 9.78 Å². The van der Waals surface area contributed by atoms with Crippen LogP contribution in [0, 0.1) is 13.8 Å². The van der Waals surface area contributed by atoms with Gasteiger partial charge < -0.3 is 4.74 Å². The van der Waals surface area contributed by atoms with Crippen molar-refractivity contribution in [2.75, 3.05) is 11.9 Å². The SMILES string of the molecule is Cc1ccc(-c2csc(NC(=O)COC(=O)c3snnc3C)n2)cc1. The maximum atomic E-state index is 11.9. The van der Waals surface area contributed by atoms with E-state index in [-0.39, 0.29) is 0 Å². The van der Waals surface area contributed by atoms with E-state index in [1.807, 2.05) is 36.6 Å². The van der Waals surface area contributed by atoms with Crippen molar-refractivity contribution in [2.45, 2.75) is 13.8 Å². The number of carbonyl (C=O) groups is 2. The number of thiazole rings is 1. The molecule has 0 bridgehead atoms. The molecule has 9 heteroatoms. The number of hydrogen-bond donors (Lipinski definition) is 1. The van der Waals surface area contributed by atoms with Crippen LogP contribution >= 0.6 is 22.9 Å². The number of anilines is 1. The first-order valence-electron chi connectivity index (χ1n) is 7.31. The lowest BCUT2D eigenvalue weighted by atomic mass is 10.1. The zero-order valence-electron chi connectivity index (χ0n) is 13.5. The van der Waals surface area contributed by atoms with Crippen LogP contribution in [0.3, 0.4) is 0 Å². The highest BCUT2D eigenvalue weighted by Crippen LogP contribution is 2.25. The smallest absolute Gasteiger partial charge is 0.352 e. The summed E-state index contributed by atoms with van der Waals surface area (Å²) in [5.74, 6) is -1.06. The second-order valence-electron chi connectivity index (χ2n) is 5.22. The Morgan fingerprint density at radius 3 is 2.64 bits per heavy atom. The molecule has 0 aliphatic carbocycles. The molecule has 7 nitrogen and oxygen atoms in total. The van der Waals surface area contributed by atoms with Gasteiger partial charge in [-0.15, -0.1) is 16.4 Å². The molecule has 0 saturated carbocycles. The molecule has 0 aliphatic heterocycles. The topological polar surface area (TPSA) is 94.1 Å². The summed E-state index contributed by atoms with van der Waals surface area (Å²) in [4.78, 5) is 28.4. The number of hydrogen-bond acceptors (Lipinski definition) is 8. The monoisotopic (exact) mass is 374 g/mol. The molecule has 0 radical (unpaired) electrons. The van der Waals surface area contributed by atoms with Crippen molar-refractivity contribution < 1.29 is 14.3 Å². The molecular weight excluding hydrogens is 360 g/mol. The first kappa shape index (κ1) is 17.2. The number of benzene rings is 1. The number of amides is 1. The molecule has 128 valence electrons. The molecule has 2 aromatic heterocycles. The lowest BCUT2D eigenvalue weighted by Crippen LogP contribution is -2.20. The minimum Gasteiger partial charge on any atom is -0.451 e. The Kier molecular flexibility index (Phi) is 5.15. The molecule has 0 unspecified atom stereocenters. The third-order valence-corrected chi connectivity index (χ3v) is 4.83. The van der Waals surface area contributed by atoms with Crippen LogP contribution in [0.5, 0.6) is 0 Å². The van der Waals surface area contributed by atoms with Crippen LogP contribution in [0.15, 0.2) is 29.6 Å². The predicted octanol–water partition coefficient (Wildman–Crippen LogP) is 3.07. The van der Waals surface area contributed by atoms with E-state index in [0.717, 1.165) is 22.8 Å². The lowest BCUT2D eigenvalue weighted by molar-refractivity contribution is -0.119. The molecule has 0 spiro atoms. The standard InChI is InChI=1S/C16H14N4O3S2/c1-9-3-5-11(6-4-9)12-8-24-16(17-12)18-13(21)7-23-15(22)14-10(2)19-20-25-14/h3-6,8H,7H2,1-2H3,(H,17,18,21). The van der Waals surface area contributed by atoms with E-state index in [1.165, 1.54) is 16.9 Å². The van der Waals surface area contributed by atoms with Crippen molar-refractivity contribution in [3.63, 3.8) is 0 Å². The average molecular weight is 374 g/mol. The van der Waals surface area contributed by atoms with Gasteiger partial charge in [0.2, 0.25) is 0 Å². The van der Waals surface area contributed by atoms with Gasteiger partial charge in [-0.05, 0) is 25.4 Å². The summed E-state index contributed by atoms with van der Waals surface area (Å²) in [6.07, 6.45) is 0. The van der Waals surface area contributed by atoms with Crippen molar-refractivity contribution in [1.82, 2.24) is 14.6 Å². The van der Waals surface area contributed by atoms with E-state index in [9.17, 15) is 9.59 Å². The number of esters is 1. The number of nitrogens with zero attached hydrogens (tertiary/aromatic N) is 3. The van der Waals surface area contributed by atoms with Gasteiger partial charge >= 0.3 is 5.97 Å². The fraction of sp³-hybridized carbons (Fsp3) is 0.188. The highest BCUT2D eigenvalue weighted by molar-refractivity contribution is 7.14. The summed E-state index contributed by atoms with van der Waals surface area (Å²) in [7, 11) is 0. The highest BCUT2D eigenvalue weighted by atomic mass is 32.1. The van der Waals surface area contributed by atoms with E-state index in [4.69, 9.17) is 4.74 Å². The summed E-state index contributed by atoms with van der Waals surface area (Å²) < 4.78 is 8.62. The summed E-state index contributed by atoms with van der Waals surface area (Å²) in [6.45, 7) is 3.28. The number of nitrogens with one attached hydrogen (secondary N) is 1. The van der Waals surface area contributed by atoms with E-state index in [1.54, 1.807) is 6.92 Å². The third-order valence-electron chi connectivity index (χ3n) is 3.27. The van der Waals surface area contributed by atoms with Crippen molar-refractivity contribution >= 4 is 39.9 Å². The van der Waals surface area contributed by atoms with Crippen molar-refractivity contribution in [3.8, 4) is 11.3 Å². The third kappa shape index (κ3) is 4.25. The molecule has 1 aromatic carbocycles. The molecule has 1 amide bonds. The van der Waals surface area contributed by atoms with Crippen molar-refractivity contribution in [2.24, 2.45) is 0 Å². The second kappa shape index (κ2) is 7.49. The first-order valence-corrected chi connectivity index (χ1v) is 8.97. The first-order chi connectivity index (χ1) is 12.0. The van der Waals surface area contributed by atoms with Gasteiger partial charge in [0.15, 0.2) is 16.6 Å². The molecule has 25 heavy (non-hydrogen) atoms. The van der Waals surface area contributed by atoms with Gasteiger partial charge in [0.05, 0.1) is 11.4 Å². The van der Waals surface area contributed by atoms with Crippen molar-refractivity contribution in [3.05, 3.63) is 45.8 Å². The maximum Gasteiger partial charge on any atom is 0.352 e. The minimum absolute atomic E-state index is 0.295. The largest absolute Gasteiger partial charge is 0.451 e. The highest BCUT2D eigenvalue weighted by Gasteiger charge is 2.16. The number of rotatable bonds is 5. The Labute approximate surface area is 151 Å². The van der Waals surface area contributed by atoms with E-state index in [0.29, 0.717) is 15.7 Å². The molecule has 0 atom stereocenters. The Hall–Kier alpha value is -2.65. The number of aryl methyl sites for hydroxylation is 2. The molecular formula is C16H14N4O3S2. The molecule has 0 fully saturated rings. The maximum absolute atomic E-state index is 11.9. The zero-order valence-corrected chi connectivity index (χ0v) is 15.1. The van der Waals surface area contributed by atoms with Gasteiger partial charge in [-0.3, -0.25) is 10.1 Å². The lowest BCUT2D eigenvalue weighted by Gasteiger charge is -2.03. The van der Waals surface area contributed by atoms with Crippen LogP contribution in [-0.4, -0.2) is 33.1 Å². The van der Waals surface area contributed by atoms with E-state index < -0.39 is 18.5 Å². The Morgan fingerprint density at radius 2 is 1.96 bits per heavy atom. The van der Waals surface area contributed by atoms with Gasteiger partial charge in [0.1, 0.15) is 0 Å². The fourth-order valence-electron chi connectivity index (χ4n) is 1.96. The fourth-order valence-corrected chi connectivity index (χ4v) is 3.25. The van der Waals surface area contributed by atoms with Crippen LogP contribution < -0.4 is 5.32 Å². The Bertz CT molecular complexity index is 902. The van der Waals surface area contributed by atoms with Crippen molar-refractivity contribution in [1.29, 1.82) is 0 Å². The Morgan fingerprint density at radius 1 is 1.20 bits per heavy atom. The van der Waals surface area contributed by atoms with Crippen LogP contribution in [0.2, 0.25) is 0 Å². The summed E-state index contributed by atoms with van der Waals surface area (Å²) in [5, 5.41) is 8.66. The van der Waals surface area contributed by atoms with Gasteiger partial charge in [0, 0.05) is 10.9 Å². The van der Waals surface area contributed by atoms with Gasteiger partial charge in [-0.1, -0.05) is 34.3 Å². The number of ether oxygens (including phenoxy) is 1. The summed E-state index contributed by atoms with van der Waals surface area (Å²) in [5.41, 5.74) is 3.41.